The second kappa shape index (κ2) is 7.57. The van der Waals surface area contributed by atoms with Crippen LogP contribution in [0.3, 0.4) is 0 Å². The molecular weight excluding hydrogens is 339 g/mol. The molecule has 0 spiro atoms. The highest BCUT2D eigenvalue weighted by molar-refractivity contribution is 6.56. The van der Waals surface area contributed by atoms with E-state index in [2.05, 4.69) is 5.32 Å². The maximum Gasteiger partial charge on any atom is 0.334 e. The number of rotatable bonds is 5. The van der Waals surface area contributed by atoms with Gasteiger partial charge in [0.2, 0.25) is 0 Å². The average Bonchev–Trinajstić information content (AvgIpc) is 2.90. The van der Waals surface area contributed by atoms with Crippen molar-refractivity contribution in [3.05, 3.63) is 67.7 Å². The molecular formula is C15H18Cl2N4O2. The van der Waals surface area contributed by atoms with E-state index in [1.54, 1.807) is 23.9 Å². The Morgan fingerprint density at radius 3 is 2.52 bits per heavy atom. The van der Waals surface area contributed by atoms with Crippen LogP contribution in [0.5, 0.6) is 0 Å². The molecule has 1 aromatic rings. The summed E-state index contributed by atoms with van der Waals surface area (Å²) in [5.41, 5.74) is 1.07. The highest BCUT2D eigenvalue weighted by atomic mass is 35.5. The lowest BCUT2D eigenvalue weighted by Crippen LogP contribution is -2.28. The molecule has 0 saturated carbocycles. The van der Waals surface area contributed by atoms with Crippen LogP contribution < -0.4 is 5.32 Å². The highest BCUT2D eigenvalue weighted by Crippen LogP contribution is 2.29. The summed E-state index contributed by atoms with van der Waals surface area (Å²) in [6, 6.07) is 9.61. The Hall–Kier alpha value is -1.92. The van der Waals surface area contributed by atoms with Gasteiger partial charge in [0.1, 0.15) is 4.49 Å². The van der Waals surface area contributed by atoms with Gasteiger partial charge in [-0.1, -0.05) is 53.5 Å². The number of hydrogen-bond donors (Lipinski definition) is 1. The van der Waals surface area contributed by atoms with Gasteiger partial charge in [-0.25, -0.2) is 0 Å². The Morgan fingerprint density at radius 2 is 2.04 bits per heavy atom. The second-order valence-electron chi connectivity index (χ2n) is 5.25. The van der Waals surface area contributed by atoms with Gasteiger partial charge in [-0.2, -0.15) is 0 Å². The molecule has 0 unspecified atom stereocenters. The zero-order valence-electron chi connectivity index (χ0n) is 12.9. The summed E-state index contributed by atoms with van der Waals surface area (Å²) < 4.78 is -0.135. The fourth-order valence-electron chi connectivity index (χ4n) is 2.49. The molecule has 0 radical (unpaired) electrons. The first-order valence-electron chi connectivity index (χ1n) is 7.06. The van der Waals surface area contributed by atoms with Crippen molar-refractivity contribution in [3.8, 4) is 0 Å². The van der Waals surface area contributed by atoms with Crippen LogP contribution in [0.4, 0.5) is 0 Å². The minimum absolute atomic E-state index is 0.122. The smallest absolute Gasteiger partial charge is 0.334 e. The van der Waals surface area contributed by atoms with E-state index in [0.717, 1.165) is 5.56 Å². The molecule has 1 fully saturated rings. The summed E-state index contributed by atoms with van der Waals surface area (Å²) in [7, 11) is 3.52. The molecule has 0 bridgehead atoms. The number of nitrogens with zero attached hydrogens (tertiary/aromatic N) is 3. The van der Waals surface area contributed by atoms with Crippen LogP contribution in [0.1, 0.15) is 5.56 Å². The molecule has 1 saturated heterocycles. The lowest BCUT2D eigenvalue weighted by atomic mass is 10.2. The quantitative estimate of drug-likeness (QED) is 0.649. The van der Waals surface area contributed by atoms with Gasteiger partial charge >= 0.3 is 5.70 Å². The van der Waals surface area contributed by atoms with Gasteiger partial charge in [0, 0.05) is 33.7 Å². The third kappa shape index (κ3) is 4.09. The fraction of sp³-hybridized carbons (Fsp3) is 0.333. The van der Waals surface area contributed by atoms with Crippen molar-refractivity contribution in [1.82, 2.24) is 15.1 Å². The monoisotopic (exact) mass is 356 g/mol. The first-order valence-corrected chi connectivity index (χ1v) is 7.81. The minimum atomic E-state index is -0.453. The largest absolute Gasteiger partial charge is 0.364 e. The zero-order chi connectivity index (χ0) is 17.0. The lowest BCUT2D eigenvalue weighted by molar-refractivity contribution is -0.425. The van der Waals surface area contributed by atoms with Crippen molar-refractivity contribution in [2.24, 2.45) is 0 Å². The molecule has 1 aliphatic heterocycles. The molecule has 1 heterocycles. The molecule has 0 aromatic heterocycles. The van der Waals surface area contributed by atoms with Gasteiger partial charge in [0.15, 0.2) is 11.5 Å². The van der Waals surface area contributed by atoms with Crippen molar-refractivity contribution in [2.75, 3.05) is 27.2 Å². The summed E-state index contributed by atoms with van der Waals surface area (Å²) in [5, 5.41) is 14.7. The van der Waals surface area contributed by atoms with Crippen LogP contribution in [0.25, 0.3) is 0 Å². The third-order valence-corrected chi connectivity index (χ3v) is 3.93. The molecule has 0 amide bonds. The van der Waals surface area contributed by atoms with E-state index in [1.165, 1.54) is 0 Å². The maximum atomic E-state index is 11.6. The summed E-state index contributed by atoms with van der Waals surface area (Å²) in [6.07, 6.45) is 0. The van der Waals surface area contributed by atoms with Crippen molar-refractivity contribution >= 4 is 23.2 Å². The van der Waals surface area contributed by atoms with Crippen molar-refractivity contribution in [3.63, 3.8) is 0 Å². The summed E-state index contributed by atoms with van der Waals surface area (Å²) in [6.45, 7) is 1.77. The Labute approximate surface area is 145 Å². The molecule has 1 N–H and O–H groups in total. The zero-order valence-corrected chi connectivity index (χ0v) is 14.4. The molecule has 23 heavy (non-hydrogen) atoms. The fourth-order valence-corrected chi connectivity index (χ4v) is 2.96. The Balaban J connectivity index is 2.41. The van der Waals surface area contributed by atoms with E-state index >= 15 is 0 Å². The van der Waals surface area contributed by atoms with Gasteiger partial charge in [0.25, 0.3) is 0 Å². The molecule has 0 aliphatic carbocycles. The number of benzene rings is 1. The van der Waals surface area contributed by atoms with Crippen LogP contribution in [0.2, 0.25) is 0 Å². The van der Waals surface area contributed by atoms with Crippen LogP contribution in [0.15, 0.2) is 52.0 Å². The van der Waals surface area contributed by atoms with Crippen LogP contribution in [0, 0.1) is 10.1 Å². The van der Waals surface area contributed by atoms with Crippen LogP contribution >= 0.6 is 23.2 Å². The van der Waals surface area contributed by atoms with E-state index in [4.69, 9.17) is 23.2 Å². The number of hydrogen-bond acceptors (Lipinski definition) is 5. The topological polar surface area (TPSA) is 61.6 Å². The van der Waals surface area contributed by atoms with E-state index in [0.29, 0.717) is 25.5 Å². The molecule has 1 aromatic carbocycles. The molecule has 124 valence electrons. The molecule has 8 heteroatoms. The van der Waals surface area contributed by atoms with E-state index < -0.39 is 4.92 Å². The first-order chi connectivity index (χ1) is 10.9. The minimum Gasteiger partial charge on any atom is -0.364 e. The molecule has 0 atom stereocenters. The third-order valence-electron chi connectivity index (χ3n) is 3.58. The normalized spacial score (nSPS) is 15.9. The average molecular weight is 357 g/mol. The van der Waals surface area contributed by atoms with Gasteiger partial charge in [-0.05, 0) is 5.56 Å². The summed E-state index contributed by atoms with van der Waals surface area (Å²) in [5.74, 6) is 0.420. The van der Waals surface area contributed by atoms with Gasteiger partial charge in [-0.3, -0.25) is 10.1 Å². The maximum absolute atomic E-state index is 11.6. The molecule has 1 aliphatic rings. The number of likely N-dealkylation sites (N-methyl/N-ethyl adjacent to an activating group) is 2. The number of halogens is 2. The van der Waals surface area contributed by atoms with E-state index in [-0.39, 0.29) is 15.9 Å². The van der Waals surface area contributed by atoms with Crippen LogP contribution in [-0.2, 0) is 6.54 Å². The van der Waals surface area contributed by atoms with Crippen molar-refractivity contribution in [1.29, 1.82) is 0 Å². The van der Waals surface area contributed by atoms with E-state index in [1.807, 2.05) is 30.3 Å². The number of nitrogens with one attached hydrogen (secondary N) is 1. The molecule has 2 rings (SSSR count). The highest BCUT2D eigenvalue weighted by Gasteiger charge is 2.33. The summed E-state index contributed by atoms with van der Waals surface area (Å²) >= 11 is 12.0. The second-order valence-corrected chi connectivity index (χ2v) is 6.20. The summed E-state index contributed by atoms with van der Waals surface area (Å²) in [4.78, 5) is 14.7. The van der Waals surface area contributed by atoms with Crippen molar-refractivity contribution < 1.29 is 4.92 Å². The van der Waals surface area contributed by atoms with Gasteiger partial charge in [-0.15, -0.1) is 0 Å². The SMILES string of the molecule is CN1CCNC1=C(C(=C(Cl)Cl)N(C)Cc1ccccc1)[N+](=O)[O-]. The van der Waals surface area contributed by atoms with Gasteiger partial charge < -0.3 is 15.1 Å². The van der Waals surface area contributed by atoms with Crippen LogP contribution in [-0.4, -0.2) is 41.9 Å². The Bertz CT molecular complexity index is 642. The Kier molecular flexibility index (Phi) is 5.74. The molecule has 6 nitrogen and oxygen atoms in total. The predicted octanol–water partition coefficient (Wildman–Crippen LogP) is 2.75. The van der Waals surface area contributed by atoms with E-state index in [9.17, 15) is 10.1 Å². The lowest BCUT2D eigenvalue weighted by Gasteiger charge is -2.23. The van der Waals surface area contributed by atoms with Crippen molar-refractivity contribution in [2.45, 2.75) is 6.54 Å². The Morgan fingerprint density at radius 1 is 1.39 bits per heavy atom. The predicted molar refractivity (Wildman–Crippen MR) is 91.3 cm³/mol. The number of nitro groups is 1. The van der Waals surface area contributed by atoms with Gasteiger partial charge in [0.05, 0.1) is 4.92 Å². The first kappa shape index (κ1) is 17.4. The standard InChI is InChI=1S/C15H18Cl2N4O2/c1-19-9-8-18-15(19)13(21(22)23)12(14(16)17)20(2)10-11-6-4-3-5-7-11/h3-7,18H,8-10H2,1-2H3.